The first-order chi connectivity index (χ1) is 17.8. The van der Waals surface area contributed by atoms with E-state index in [1.54, 1.807) is 44.2 Å². The largest absolute Gasteiger partial charge is 0.478 e. The zero-order chi connectivity index (χ0) is 28.3. The Bertz CT molecular complexity index is 1480. The number of anilines is 2. The van der Waals surface area contributed by atoms with Gasteiger partial charge in [-0.1, -0.05) is 58.5 Å². The number of nitrogens with one attached hydrogen (secondary N) is 2. The van der Waals surface area contributed by atoms with Crippen LogP contribution in [0.4, 0.5) is 11.4 Å². The summed E-state index contributed by atoms with van der Waals surface area (Å²) >= 11 is 25.3. The fraction of sp³-hybridized carbons (Fsp3) is 0.120. The van der Waals surface area contributed by atoms with Gasteiger partial charge in [-0.2, -0.15) is 0 Å². The molecular weight excluding hydrogens is 598 g/mol. The Morgan fingerprint density at radius 1 is 0.816 bits per heavy atom. The second-order valence-corrected chi connectivity index (χ2v) is 10.8. The molecule has 13 heteroatoms. The van der Waals surface area contributed by atoms with Crippen LogP contribution in [-0.2, 0) is 4.79 Å². The van der Waals surface area contributed by atoms with Gasteiger partial charge < -0.3 is 20.8 Å². The molecule has 0 aromatic heterocycles. The van der Waals surface area contributed by atoms with Crippen LogP contribution in [0, 0.1) is 6.92 Å². The molecule has 0 saturated carbocycles. The van der Waals surface area contributed by atoms with Crippen molar-refractivity contribution in [2.24, 2.45) is 0 Å². The Hall–Kier alpha value is -2.95. The Balaban J connectivity index is 1.79. The smallest absolute Gasteiger partial charge is 0.338 e. The van der Waals surface area contributed by atoms with E-state index in [1.165, 1.54) is 23.9 Å². The number of amides is 2. The van der Waals surface area contributed by atoms with Gasteiger partial charge in [0.25, 0.3) is 5.91 Å². The van der Waals surface area contributed by atoms with Gasteiger partial charge in [0.05, 0.1) is 42.0 Å². The zero-order valence-electron chi connectivity index (χ0n) is 19.6. The number of thioether (sulfide) groups is 1. The van der Waals surface area contributed by atoms with Crippen molar-refractivity contribution in [3.8, 4) is 0 Å². The molecule has 0 aliphatic carbocycles. The summed E-state index contributed by atoms with van der Waals surface area (Å²) in [5, 5.41) is 22.1. The highest BCUT2D eigenvalue weighted by Crippen LogP contribution is 2.42. The van der Waals surface area contributed by atoms with Crippen LogP contribution >= 0.6 is 58.2 Å². The highest BCUT2D eigenvalue weighted by molar-refractivity contribution is 8.00. The van der Waals surface area contributed by atoms with Crippen molar-refractivity contribution in [2.75, 3.05) is 10.6 Å². The lowest BCUT2D eigenvalue weighted by Crippen LogP contribution is -2.23. The number of rotatable bonds is 8. The minimum Gasteiger partial charge on any atom is -0.478 e. The van der Waals surface area contributed by atoms with Gasteiger partial charge in [-0.15, -0.1) is 11.8 Å². The molecule has 0 aliphatic heterocycles. The number of benzene rings is 3. The fourth-order valence-electron chi connectivity index (χ4n) is 3.27. The van der Waals surface area contributed by atoms with E-state index >= 15 is 0 Å². The SMILES string of the molecule is Cc1ccc(C(=O)O)cc1NC(=O)C(C)Sc1cccc(NC(=O)c2c(Cl)c(Cl)c(Cl)c(Cl)c2C(=O)O)c1. The van der Waals surface area contributed by atoms with E-state index in [0.29, 0.717) is 16.1 Å². The van der Waals surface area contributed by atoms with Crippen LogP contribution in [0.15, 0.2) is 47.4 Å². The number of carbonyl (C=O) groups is 4. The number of hydrogen-bond donors (Lipinski definition) is 4. The molecular formula is C25H18Cl4N2O6S. The molecule has 3 aromatic carbocycles. The first-order valence-corrected chi connectivity index (χ1v) is 13.0. The Labute approximate surface area is 241 Å². The normalized spacial score (nSPS) is 11.5. The summed E-state index contributed by atoms with van der Waals surface area (Å²) < 4.78 is 0. The van der Waals surface area contributed by atoms with Gasteiger partial charge in [-0.05, 0) is 49.7 Å². The van der Waals surface area contributed by atoms with E-state index in [-0.39, 0.29) is 32.2 Å². The first-order valence-electron chi connectivity index (χ1n) is 10.6. The van der Waals surface area contributed by atoms with Crippen LogP contribution < -0.4 is 10.6 Å². The van der Waals surface area contributed by atoms with E-state index < -0.39 is 39.2 Å². The second kappa shape index (κ2) is 12.3. The van der Waals surface area contributed by atoms with Crippen LogP contribution in [0.25, 0.3) is 0 Å². The van der Waals surface area contributed by atoms with Gasteiger partial charge in [0.2, 0.25) is 5.91 Å². The average Bonchev–Trinajstić information content (AvgIpc) is 2.85. The van der Waals surface area contributed by atoms with Crippen molar-refractivity contribution in [3.05, 3.63) is 84.8 Å². The summed E-state index contributed by atoms with van der Waals surface area (Å²) in [5.74, 6) is -3.87. The summed E-state index contributed by atoms with van der Waals surface area (Å²) in [6, 6.07) is 10.9. The molecule has 38 heavy (non-hydrogen) atoms. The molecule has 1 atom stereocenters. The van der Waals surface area contributed by atoms with Gasteiger partial charge in [0, 0.05) is 16.3 Å². The van der Waals surface area contributed by atoms with Crippen LogP contribution in [-0.4, -0.2) is 39.2 Å². The molecule has 0 spiro atoms. The van der Waals surface area contributed by atoms with E-state index in [0.717, 1.165) is 0 Å². The van der Waals surface area contributed by atoms with E-state index in [4.69, 9.17) is 46.4 Å². The number of aryl methyl sites for hydroxylation is 1. The van der Waals surface area contributed by atoms with Crippen molar-refractivity contribution in [2.45, 2.75) is 24.0 Å². The summed E-state index contributed by atoms with van der Waals surface area (Å²) in [7, 11) is 0. The van der Waals surface area contributed by atoms with Gasteiger partial charge in [-0.25, -0.2) is 9.59 Å². The van der Waals surface area contributed by atoms with Crippen LogP contribution in [0.1, 0.15) is 43.6 Å². The Morgan fingerprint density at radius 3 is 2.05 bits per heavy atom. The molecule has 4 N–H and O–H groups in total. The summed E-state index contributed by atoms with van der Waals surface area (Å²) in [6.07, 6.45) is 0. The van der Waals surface area contributed by atoms with Crippen LogP contribution in [0.5, 0.6) is 0 Å². The van der Waals surface area contributed by atoms with Gasteiger partial charge in [0.1, 0.15) is 0 Å². The second-order valence-electron chi connectivity index (χ2n) is 7.88. The summed E-state index contributed by atoms with van der Waals surface area (Å²) in [5.41, 5.74) is 0.364. The molecule has 198 valence electrons. The topological polar surface area (TPSA) is 133 Å². The average molecular weight is 616 g/mol. The maximum absolute atomic E-state index is 13.0. The number of carboxylic acid groups (broad SMARTS) is 2. The van der Waals surface area contributed by atoms with Crippen molar-refractivity contribution in [1.29, 1.82) is 0 Å². The van der Waals surface area contributed by atoms with Crippen molar-refractivity contribution >= 4 is 93.3 Å². The molecule has 0 heterocycles. The maximum atomic E-state index is 13.0. The van der Waals surface area contributed by atoms with Crippen LogP contribution in [0.2, 0.25) is 20.1 Å². The third kappa shape index (κ3) is 6.54. The minimum absolute atomic E-state index is 0.0454. The van der Waals surface area contributed by atoms with E-state index in [9.17, 15) is 29.4 Å². The van der Waals surface area contributed by atoms with Crippen molar-refractivity contribution in [1.82, 2.24) is 0 Å². The lowest BCUT2D eigenvalue weighted by atomic mass is 10.1. The minimum atomic E-state index is -1.52. The molecule has 3 aromatic rings. The third-order valence-corrected chi connectivity index (χ3v) is 8.12. The predicted octanol–water partition coefficient (Wildman–Crippen LogP) is 7.38. The maximum Gasteiger partial charge on any atom is 0.338 e. The standard InChI is InChI=1S/C25H18Cl4N2O6S/c1-10-6-7-12(24(34)35)8-15(10)31-22(32)11(2)38-14-5-3-4-13(9-14)30-23(33)16-17(25(36)37)19(27)21(29)20(28)18(16)26/h3-9,11H,1-2H3,(H,30,33)(H,31,32)(H,34,35)(H,36,37). The lowest BCUT2D eigenvalue weighted by Gasteiger charge is -2.16. The van der Waals surface area contributed by atoms with Crippen LogP contribution in [0.3, 0.4) is 0 Å². The van der Waals surface area contributed by atoms with Crippen molar-refractivity contribution in [3.63, 3.8) is 0 Å². The van der Waals surface area contributed by atoms with Gasteiger partial charge in [0.15, 0.2) is 0 Å². The fourth-order valence-corrected chi connectivity index (χ4v) is 5.21. The molecule has 3 rings (SSSR count). The van der Waals surface area contributed by atoms with Gasteiger partial charge >= 0.3 is 11.9 Å². The number of halogens is 4. The molecule has 0 saturated heterocycles. The molecule has 8 nitrogen and oxygen atoms in total. The molecule has 2 amide bonds. The number of aromatic carboxylic acids is 2. The van der Waals surface area contributed by atoms with Crippen molar-refractivity contribution < 1.29 is 29.4 Å². The summed E-state index contributed by atoms with van der Waals surface area (Å²) in [6.45, 7) is 3.41. The highest BCUT2D eigenvalue weighted by Gasteiger charge is 2.29. The quantitative estimate of drug-likeness (QED) is 0.118. The highest BCUT2D eigenvalue weighted by atomic mass is 35.5. The third-order valence-electron chi connectivity index (χ3n) is 5.22. The molecule has 0 bridgehead atoms. The number of carbonyl (C=O) groups excluding carboxylic acids is 2. The van der Waals surface area contributed by atoms with Gasteiger partial charge in [-0.3, -0.25) is 9.59 Å². The first kappa shape index (κ1) is 29.6. The Morgan fingerprint density at radius 2 is 1.45 bits per heavy atom. The number of hydrogen-bond acceptors (Lipinski definition) is 5. The lowest BCUT2D eigenvalue weighted by molar-refractivity contribution is -0.115. The molecule has 0 radical (unpaired) electrons. The molecule has 1 unspecified atom stereocenters. The van der Waals surface area contributed by atoms with E-state index in [1.807, 2.05) is 0 Å². The predicted molar refractivity (Wildman–Crippen MR) is 150 cm³/mol. The molecule has 0 aliphatic rings. The molecule has 0 fully saturated rings. The zero-order valence-corrected chi connectivity index (χ0v) is 23.4. The summed E-state index contributed by atoms with van der Waals surface area (Å²) in [4.78, 5) is 49.4. The number of carboxylic acids is 2. The van der Waals surface area contributed by atoms with E-state index in [2.05, 4.69) is 10.6 Å². The monoisotopic (exact) mass is 614 g/mol. The Kier molecular flexibility index (Phi) is 9.56.